The summed E-state index contributed by atoms with van der Waals surface area (Å²) in [5, 5.41) is 3.52. The van der Waals surface area contributed by atoms with Gasteiger partial charge in [0.15, 0.2) is 16.7 Å². The van der Waals surface area contributed by atoms with E-state index >= 15 is 0 Å². The molecule has 142 valence electrons. The summed E-state index contributed by atoms with van der Waals surface area (Å²) in [5.41, 5.74) is 2.36. The summed E-state index contributed by atoms with van der Waals surface area (Å²) < 4.78 is 15.9. The Morgan fingerprint density at radius 1 is 1.15 bits per heavy atom. The van der Waals surface area contributed by atoms with Crippen LogP contribution in [-0.2, 0) is 4.79 Å². The largest absolute Gasteiger partial charge is 0.494 e. The van der Waals surface area contributed by atoms with Crippen molar-refractivity contribution >= 4 is 34.4 Å². The number of methoxy groups -OCH3 is 2. The molecule has 0 atom stereocenters. The molecule has 0 saturated heterocycles. The van der Waals surface area contributed by atoms with Crippen molar-refractivity contribution in [1.82, 2.24) is 9.97 Å². The molecule has 27 heavy (non-hydrogen) atoms. The number of benzene rings is 2. The molecule has 1 aromatic heterocycles. The van der Waals surface area contributed by atoms with Gasteiger partial charge in [0.05, 0.1) is 37.6 Å². The van der Waals surface area contributed by atoms with Crippen molar-refractivity contribution < 1.29 is 19.0 Å². The fraction of sp³-hybridized carbons (Fsp3) is 0.263. The summed E-state index contributed by atoms with van der Waals surface area (Å²) in [4.78, 5) is 19.9. The molecule has 2 aromatic carbocycles. The van der Waals surface area contributed by atoms with Gasteiger partial charge in [0.1, 0.15) is 5.75 Å². The number of carbonyl (C=O) groups excluding carboxylic acids is 1. The number of nitrogens with one attached hydrogen (secondary N) is 2. The van der Waals surface area contributed by atoms with Gasteiger partial charge >= 0.3 is 0 Å². The van der Waals surface area contributed by atoms with Crippen molar-refractivity contribution in [3.8, 4) is 17.2 Å². The van der Waals surface area contributed by atoms with Crippen molar-refractivity contribution in [3.05, 3.63) is 36.4 Å². The number of imidazole rings is 1. The average Bonchev–Trinajstić information content (AvgIpc) is 3.09. The topological polar surface area (TPSA) is 85.5 Å². The molecule has 0 saturated carbocycles. The Hall–Kier alpha value is -2.87. The molecule has 3 rings (SSSR count). The maximum absolute atomic E-state index is 12.2. The Balaban J connectivity index is 1.61. The van der Waals surface area contributed by atoms with Crippen LogP contribution in [0.2, 0.25) is 0 Å². The minimum Gasteiger partial charge on any atom is -0.494 e. The first-order chi connectivity index (χ1) is 13.1. The first-order valence-corrected chi connectivity index (χ1v) is 9.38. The van der Waals surface area contributed by atoms with E-state index in [0.29, 0.717) is 28.9 Å². The molecule has 0 aliphatic rings. The number of hydrogen-bond acceptors (Lipinski definition) is 6. The van der Waals surface area contributed by atoms with Gasteiger partial charge in [0.2, 0.25) is 5.91 Å². The van der Waals surface area contributed by atoms with Crippen LogP contribution in [0.15, 0.2) is 41.6 Å². The van der Waals surface area contributed by atoms with Gasteiger partial charge in [-0.1, -0.05) is 11.8 Å². The molecule has 0 aliphatic heterocycles. The summed E-state index contributed by atoms with van der Waals surface area (Å²) in [6.07, 6.45) is 0. The van der Waals surface area contributed by atoms with Crippen molar-refractivity contribution in [2.45, 2.75) is 12.1 Å². The Morgan fingerprint density at radius 2 is 1.96 bits per heavy atom. The van der Waals surface area contributed by atoms with Crippen LogP contribution in [0.3, 0.4) is 0 Å². The van der Waals surface area contributed by atoms with Gasteiger partial charge in [-0.2, -0.15) is 0 Å². The molecule has 8 heteroatoms. The molecule has 0 unspecified atom stereocenters. The highest BCUT2D eigenvalue weighted by molar-refractivity contribution is 7.99. The number of amides is 1. The lowest BCUT2D eigenvalue weighted by Crippen LogP contribution is -2.14. The van der Waals surface area contributed by atoms with E-state index in [-0.39, 0.29) is 11.7 Å². The highest BCUT2D eigenvalue weighted by Crippen LogP contribution is 2.30. The van der Waals surface area contributed by atoms with Crippen molar-refractivity contribution in [2.75, 3.05) is 31.9 Å². The van der Waals surface area contributed by atoms with E-state index in [2.05, 4.69) is 15.3 Å². The van der Waals surface area contributed by atoms with Gasteiger partial charge in [-0.15, -0.1) is 0 Å². The Kier molecular flexibility index (Phi) is 6.08. The third-order valence-corrected chi connectivity index (χ3v) is 4.62. The maximum Gasteiger partial charge on any atom is 0.234 e. The number of thioether (sulfide) groups is 1. The number of rotatable bonds is 8. The molecule has 0 radical (unpaired) electrons. The van der Waals surface area contributed by atoms with Crippen LogP contribution in [0.1, 0.15) is 6.92 Å². The Labute approximate surface area is 161 Å². The number of ether oxygens (including phenoxy) is 3. The second-order valence-electron chi connectivity index (χ2n) is 5.56. The van der Waals surface area contributed by atoms with Gasteiger partial charge in [0, 0.05) is 17.8 Å². The van der Waals surface area contributed by atoms with Gasteiger partial charge in [-0.3, -0.25) is 4.79 Å². The van der Waals surface area contributed by atoms with Crippen LogP contribution in [-0.4, -0.2) is 42.5 Å². The second-order valence-corrected chi connectivity index (χ2v) is 6.52. The van der Waals surface area contributed by atoms with Crippen LogP contribution in [0.5, 0.6) is 17.2 Å². The van der Waals surface area contributed by atoms with Crippen molar-refractivity contribution in [2.24, 2.45) is 0 Å². The van der Waals surface area contributed by atoms with Crippen LogP contribution in [0, 0.1) is 0 Å². The SMILES string of the molecule is CCOc1ccc2nc(SCC(=O)Nc3ccc(OC)c(OC)c3)[nH]c2c1. The number of fused-ring (bicyclic) bond motifs is 1. The van der Waals surface area contributed by atoms with Crippen molar-refractivity contribution in [3.63, 3.8) is 0 Å². The Bertz CT molecular complexity index is 942. The van der Waals surface area contributed by atoms with E-state index < -0.39 is 0 Å². The minimum absolute atomic E-state index is 0.136. The molecular formula is C19H21N3O4S. The number of anilines is 1. The van der Waals surface area contributed by atoms with E-state index in [1.165, 1.54) is 11.8 Å². The lowest BCUT2D eigenvalue weighted by atomic mass is 10.2. The molecule has 0 fully saturated rings. The molecule has 0 aliphatic carbocycles. The Morgan fingerprint density at radius 3 is 2.70 bits per heavy atom. The zero-order chi connectivity index (χ0) is 19.2. The van der Waals surface area contributed by atoms with E-state index in [4.69, 9.17) is 14.2 Å². The minimum atomic E-state index is -0.136. The van der Waals surface area contributed by atoms with Crippen LogP contribution < -0.4 is 19.5 Å². The summed E-state index contributed by atoms with van der Waals surface area (Å²) in [6, 6.07) is 10.9. The zero-order valence-electron chi connectivity index (χ0n) is 15.4. The van der Waals surface area contributed by atoms with E-state index in [1.807, 2.05) is 25.1 Å². The molecule has 1 amide bonds. The summed E-state index contributed by atoms with van der Waals surface area (Å²) in [5.74, 6) is 2.05. The third-order valence-electron chi connectivity index (χ3n) is 3.75. The standard InChI is InChI=1S/C19H21N3O4S/c1-4-26-13-6-7-14-15(10-13)22-19(21-14)27-11-18(23)20-12-5-8-16(24-2)17(9-12)25-3/h5-10H,4,11H2,1-3H3,(H,20,23)(H,21,22). The van der Waals surface area contributed by atoms with E-state index in [1.54, 1.807) is 32.4 Å². The summed E-state index contributed by atoms with van der Waals surface area (Å²) in [7, 11) is 3.12. The zero-order valence-corrected chi connectivity index (χ0v) is 16.2. The first kappa shape index (κ1) is 18.9. The van der Waals surface area contributed by atoms with Crippen LogP contribution >= 0.6 is 11.8 Å². The quantitative estimate of drug-likeness (QED) is 0.573. The van der Waals surface area contributed by atoms with Gasteiger partial charge in [-0.25, -0.2) is 4.98 Å². The number of aromatic nitrogens is 2. The highest BCUT2D eigenvalue weighted by atomic mass is 32.2. The number of hydrogen-bond donors (Lipinski definition) is 2. The second kappa shape index (κ2) is 8.68. The third kappa shape index (κ3) is 4.65. The van der Waals surface area contributed by atoms with Gasteiger partial charge < -0.3 is 24.5 Å². The average molecular weight is 387 g/mol. The lowest BCUT2D eigenvalue weighted by molar-refractivity contribution is -0.113. The lowest BCUT2D eigenvalue weighted by Gasteiger charge is -2.10. The molecule has 0 bridgehead atoms. The predicted molar refractivity (Wildman–Crippen MR) is 106 cm³/mol. The number of nitrogens with zero attached hydrogens (tertiary/aromatic N) is 1. The smallest absolute Gasteiger partial charge is 0.234 e. The van der Waals surface area contributed by atoms with Crippen LogP contribution in [0.4, 0.5) is 5.69 Å². The number of aromatic amines is 1. The molecule has 2 N–H and O–H groups in total. The maximum atomic E-state index is 12.2. The molecule has 3 aromatic rings. The fourth-order valence-electron chi connectivity index (χ4n) is 2.54. The van der Waals surface area contributed by atoms with E-state index in [9.17, 15) is 4.79 Å². The van der Waals surface area contributed by atoms with Crippen LogP contribution in [0.25, 0.3) is 11.0 Å². The summed E-state index contributed by atoms with van der Waals surface area (Å²) >= 11 is 1.33. The molecule has 0 spiro atoms. The number of carbonyl (C=O) groups is 1. The fourth-order valence-corrected chi connectivity index (χ4v) is 3.22. The monoisotopic (exact) mass is 387 g/mol. The predicted octanol–water partition coefficient (Wildman–Crippen LogP) is 3.71. The summed E-state index contributed by atoms with van der Waals surface area (Å²) in [6.45, 7) is 2.55. The van der Waals surface area contributed by atoms with E-state index in [0.717, 1.165) is 16.8 Å². The number of H-pyrrole nitrogens is 1. The van der Waals surface area contributed by atoms with Gasteiger partial charge in [-0.05, 0) is 31.2 Å². The molecule has 1 heterocycles. The van der Waals surface area contributed by atoms with Gasteiger partial charge in [0.25, 0.3) is 0 Å². The van der Waals surface area contributed by atoms with Crippen molar-refractivity contribution in [1.29, 1.82) is 0 Å². The first-order valence-electron chi connectivity index (χ1n) is 8.40. The molecule has 7 nitrogen and oxygen atoms in total. The normalized spacial score (nSPS) is 10.6. The molecular weight excluding hydrogens is 366 g/mol. The highest BCUT2D eigenvalue weighted by Gasteiger charge is 2.10.